The van der Waals surface area contributed by atoms with Crippen molar-refractivity contribution in [2.45, 2.75) is 18.6 Å². The van der Waals surface area contributed by atoms with Gasteiger partial charge in [0.05, 0.1) is 18.2 Å². The number of carboxylic acid groups (broad SMARTS) is 2. The van der Waals surface area contributed by atoms with Gasteiger partial charge in [-0.2, -0.15) is 0 Å². The van der Waals surface area contributed by atoms with E-state index < -0.39 is 42.4 Å². The number of aromatic carboxylic acids is 1. The van der Waals surface area contributed by atoms with E-state index >= 15 is 0 Å². The number of amides is 2. The number of nitrogens with two attached hydrogens (primary N) is 2. The highest BCUT2D eigenvalue weighted by Crippen LogP contribution is 2.14. The molecule has 0 aliphatic carbocycles. The normalized spacial score (nSPS) is 11.6. The van der Waals surface area contributed by atoms with Gasteiger partial charge < -0.3 is 32.3 Å². The molecular formula is C19H20N4O6. The number of carboxylic acids is 2. The highest BCUT2D eigenvalue weighted by Gasteiger charge is 2.24. The molecule has 2 amide bonds. The first-order valence-electron chi connectivity index (χ1n) is 8.45. The molecular weight excluding hydrogens is 380 g/mol. The third-order valence-corrected chi connectivity index (χ3v) is 3.93. The summed E-state index contributed by atoms with van der Waals surface area (Å²) in [5.74, 6) is -3.91. The number of benzene rings is 2. The van der Waals surface area contributed by atoms with Gasteiger partial charge in [-0.05, 0) is 42.0 Å². The molecule has 0 aliphatic rings. The minimum Gasteiger partial charge on any atom is -0.481 e. The maximum Gasteiger partial charge on any atom is 0.335 e. The molecule has 0 saturated carbocycles. The lowest BCUT2D eigenvalue weighted by Crippen LogP contribution is -2.45. The van der Waals surface area contributed by atoms with Crippen LogP contribution in [0.25, 0.3) is 0 Å². The number of carbonyl (C=O) groups is 4. The third kappa shape index (κ3) is 6.13. The van der Waals surface area contributed by atoms with E-state index in [2.05, 4.69) is 10.6 Å². The molecule has 0 aromatic heterocycles. The molecule has 10 heteroatoms. The Hall–Kier alpha value is -3.76. The first kappa shape index (κ1) is 21.5. The van der Waals surface area contributed by atoms with E-state index in [0.717, 1.165) is 0 Å². The Morgan fingerprint density at radius 2 is 1.55 bits per heavy atom. The number of rotatable bonds is 8. The smallest absolute Gasteiger partial charge is 0.335 e. The standard InChI is InChI=1S/C19H20N4O6/c20-16(21)12-2-1-3-13(8-12)22-18(27)14(9-15(24)25)23-17(26)10-4-6-11(7-5-10)19(28)29/h1-8,14,16H,9,20-21H2,(H,22,27)(H,23,26)(H,24,25)(H,28,29)/t14-/m1/s1. The van der Waals surface area contributed by atoms with E-state index in [0.29, 0.717) is 11.3 Å². The monoisotopic (exact) mass is 400 g/mol. The fourth-order valence-corrected chi connectivity index (χ4v) is 2.44. The third-order valence-electron chi connectivity index (χ3n) is 3.93. The van der Waals surface area contributed by atoms with Crippen LogP contribution in [0.2, 0.25) is 0 Å². The lowest BCUT2D eigenvalue weighted by Gasteiger charge is -2.17. The molecule has 2 aromatic carbocycles. The summed E-state index contributed by atoms with van der Waals surface area (Å²) in [5.41, 5.74) is 12.1. The van der Waals surface area contributed by atoms with Crippen LogP contribution >= 0.6 is 0 Å². The highest BCUT2D eigenvalue weighted by atomic mass is 16.4. The van der Waals surface area contributed by atoms with Crippen molar-refractivity contribution >= 4 is 29.4 Å². The number of carbonyl (C=O) groups excluding carboxylic acids is 2. The summed E-state index contributed by atoms with van der Waals surface area (Å²) in [4.78, 5) is 46.9. The van der Waals surface area contributed by atoms with Gasteiger partial charge in [0.2, 0.25) is 5.91 Å². The molecule has 2 aromatic rings. The Morgan fingerprint density at radius 3 is 2.10 bits per heavy atom. The summed E-state index contributed by atoms with van der Waals surface area (Å²) < 4.78 is 0. The molecule has 0 bridgehead atoms. The maximum atomic E-state index is 12.5. The molecule has 0 fully saturated rings. The average Bonchev–Trinajstić information content (AvgIpc) is 2.67. The van der Waals surface area contributed by atoms with Crippen LogP contribution in [0, 0.1) is 0 Å². The zero-order chi connectivity index (χ0) is 21.6. The van der Waals surface area contributed by atoms with E-state index in [4.69, 9.17) is 21.7 Å². The van der Waals surface area contributed by atoms with Gasteiger partial charge in [-0.15, -0.1) is 0 Å². The Labute approximate surface area is 165 Å². The van der Waals surface area contributed by atoms with Crippen LogP contribution < -0.4 is 22.1 Å². The van der Waals surface area contributed by atoms with Gasteiger partial charge in [0.1, 0.15) is 6.04 Å². The Balaban J connectivity index is 2.14. The van der Waals surface area contributed by atoms with Crippen molar-refractivity contribution in [3.05, 3.63) is 65.2 Å². The zero-order valence-corrected chi connectivity index (χ0v) is 15.2. The number of aliphatic carboxylic acids is 1. The van der Waals surface area contributed by atoms with E-state index in [1.165, 1.54) is 30.3 Å². The van der Waals surface area contributed by atoms with Crippen LogP contribution in [0.5, 0.6) is 0 Å². The van der Waals surface area contributed by atoms with Crippen molar-refractivity contribution in [2.24, 2.45) is 11.5 Å². The summed E-state index contributed by atoms with van der Waals surface area (Å²) in [6.07, 6.45) is -1.41. The van der Waals surface area contributed by atoms with Crippen molar-refractivity contribution in [1.29, 1.82) is 0 Å². The minimum atomic E-state index is -1.37. The molecule has 8 N–H and O–H groups in total. The lowest BCUT2D eigenvalue weighted by molar-refractivity contribution is -0.139. The van der Waals surface area contributed by atoms with Gasteiger partial charge in [0, 0.05) is 11.3 Å². The second-order valence-corrected chi connectivity index (χ2v) is 6.15. The molecule has 0 radical (unpaired) electrons. The molecule has 0 unspecified atom stereocenters. The fourth-order valence-electron chi connectivity index (χ4n) is 2.44. The van der Waals surface area contributed by atoms with Gasteiger partial charge in [-0.1, -0.05) is 12.1 Å². The molecule has 0 spiro atoms. The number of hydrogen-bond acceptors (Lipinski definition) is 6. The van der Waals surface area contributed by atoms with E-state index in [1.807, 2.05) is 0 Å². The predicted octanol–water partition coefficient (Wildman–Crippen LogP) is 0.513. The first-order chi connectivity index (χ1) is 13.7. The van der Waals surface area contributed by atoms with Crippen molar-refractivity contribution in [3.63, 3.8) is 0 Å². The zero-order valence-electron chi connectivity index (χ0n) is 15.2. The fraction of sp³-hybridized carbons (Fsp3) is 0.158. The summed E-state index contributed by atoms with van der Waals surface area (Å²) in [5, 5.41) is 22.8. The molecule has 0 saturated heterocycles. The SMILES string of the molecule is NC(N)c1cccc(NC(=O)[C@@H](CC(=O)O)NC(=O)c2ccc(C(=O)O)cc2)c1. The van der Waals surface area contributed by atoms with Gasteiger partial charge in [-0.25, -0.2) is 4.79 Å². The average molecular weight is 400 g/mol. The van der Waals surface area contributed by atoms with Gasteiger partial charge >= 0.3 is 11.9 Å². The topological polar surface area (TPSA) is 185 Å². The molecule has 29 heavy (non-hydrogen) atoms. The lowest BCUT2D eigenvalue weighted by atomic mass is 10.1. The van der Waals surface area contributed by atoms with E-state index in [-0.39, 0.29) is 11.1 Å². The largest absolute Gasteiger partial charge is 0.481 e. The van der Waals surface area contributed by atoms with Crippen LogP contribution in [-0.4, -0.2) is 40.0 Å². The summed E-state index contributed by atoms with van der Waals surface area (Å²) in [6.45, 7) is 0. The highest BCUT2D eigenvalue weighted by molar-refractivity contribution is 6.02. The van der Waals surface area contributed by atoms with Gasteiger partial charge in [-0.3, -0.25) is 14.4 Å². The van der Waals surface area contributed by atoms with Crippen molar-refractivity contribution in [1.82, 2.24) is 5.32 Å². The van der Waals surface area contributed by atoms with Crippen LogP contribution in [0.1, 0.15) is 38.9 Å². The summed E-state index contributed by atoms with van der Waals surface area (Å²) >= 11 is 0. The van der Waals surface area contributed by atoms with Crippen molar-refractivity contribution in [3.8, 4) is 0 Å². The Morgan fingerprint density at radius 1 is 0.931 bits per heavy atom. The second kappa shape index (κ2) is 9.44. The van der Waals surface area contributed by atoms with Crippen molar-refractivity contribution < 1.29 is 29.4 Å². The quantitative estimate of drug-likeness (QED) is 0.346. The molecule has 0 aliphatic heterocycles. The second-order valence-electron chi connectivity index (χ2n) is 6.15. The number of nitrogens with one attached hydrogen (secondary N) is 2. The number of anilines is 1. The van der Waals surface area contributed by atoms with Crippen LogP contribution in [0.15, 0.2) is 48.5 Å². The van der Waals surface area contributed by atoms with Crippen LogP contribution in [0.3, 0.4) is 0 Å². The first-order valence-corrected chi connectivity index (χ1v) is 8.45. The van der Waals surface area contributed by atoms with E-state index in [9.17, 15) is 19.2 Å². The van der Waals surface area contributed by atoms with Gasteiger partial charge in [0.25, 0.3) is 5.91 Å². The molecule has 2 rings (SSSR count). The van der Waals surface area contributed by atoms with E-state index in [1.54, 1.807) is 18.2 Å². The Bertz CT molecular complexity index is 927. The summed E-state index contributed by atoms with van der Waals surface area (Å²) in [6, 6.07) is 10.00. The number of hydrogen-bond donors (Lipinski definition) is 6. The molecule has 10 nitrogen and oxygen atoms in total. The van der Waals surface area contributed by atoms with Gasteiger partial charge in [0.15, 0.2) is 0 Å². The van der Waals surface area contributed by atoms with Crippen LogP contribution in [-0.2, 0) is 9.59 Å². The molecule has 1 atom stereocenters. The Kier molecular flexibility index (Phi) is 7.01. The molecule has 0 heterocycles. The van der Waals surface area contributed by atoms with Crippen molar-refractivity contribution in [2.75, 3.05) is 5.32 Å². The predicted molar refractivity (Wildman–Crippen MR) is 103 cm³/mol. The van der Waals surface area contributed by atoms with Crippen LogP contribution in [0.4, 0.5) is 5.69 Å². The summed E-state index contributed by atoms with van der Waals surface area (Å²) in [7, 11) is 0. The maximum absolute atomic E-state index is 12.5. The molecule has 152 valence electrons. The minimum absolute atomic E-state index is 0.0145.